The van der Waals surface area contributed by atoms with Crippen molar-refractivity contribution < 1.29 is 15.0 Å². The molecule has 0 saturated heterocycles. The summed E-state index contributed by atoms with van der Waals surface area (Å²) in [6.07, 6.45) is 5.67. The Morgan fingerprint density at radius 2 is 1.55 bits per heavy atom. The van der Waals surface area contributed by atoms with Gasteiger partial charge in [0.05, 0.1) is 0 Å². The molecule has 0 spiro atoms. The van der Waals surface area contributed by atoms with E-state index in [2.05, 4.69) is 13.8 Å². The van der Waals surface area contributed by atoms with Crippen LogP contribution in [0.2, 0.25) is 0 Å². The Bertz CT molecular complexity index is 531. The molecule has 0 unspecified atom stereocenters. The van der Waals surface area contributed by atoms with Crippen LogP contribution in [0.4, 0.5) is 0 Å². The van der Waals surface area contributed by atoms with Gasteiger partial charge in [0.1, 0.15) is 5.75 Å². The average Bonchev–Trinajstić information content (AvgIpc) is 3.37. The second-order valence-electron chi connectivity index (χ2n) is 7.27. The van der Waals surface area contributed by atoms with Crippen molar-refractivity contribution in [3.63, 3.8) is 0 Å². The highest BCUT2D eigenvalue weighted by atomic mass is 16.4. The lowest BCUT2D eigenvalue weighted by molar-refractivity contribution is -0.136. The maximum Gasteiger partial charge on any atom is 0.303 e. The van der Waals surface area contributed by atoms with E-state index in [0.29, 0.717) is 35.8 Å². The number of hydrogen-bond donors (Lipinski definition) is 2. The van der Waals surface area contributed by atoms with Crippen molar-refractivity contribution >= 4 is 5.97 Å². The molecule has 2 aliphatic carbocycles. The van der Waals surface area contributed by atoms with Crippen LogP contribution >= 0.6 is 0 Å². The van der Waals surface area contributed by atoms with Gasteiger partial charge in [0, 0.05) is 6.42 Å². The SMILES string of the molecule is C[C@@H](c1cc(CCC(=O)O)cc([C@H](C)C2CC2)c1O)C1CC1. The lowest BCUT2D eigenvalue weighted by Gasteiger charge is -2.21. The minimum Gasteiger partial charge on any atom is -0.507 e. The van der Waals surface area contributed by atoms with Gasteiger partial charge in [-0.2, -0.15) is 0 Å². The van der Waals surface area contributed by atoms with E-state index in [-0.39, 0.29) is 6.42 Å². The van der Waals surface area contributed by atoms with Crippen molar-refractivity contribution in [1.82, 2.24) is 0 Å². The van der Waals surface area contributed by atoms with Gasteiger partial charge in [-0.25, -0.2) is 0 Å². The number of carboxylic acids is 1. The van der Waals surface area contributed by atoms with Crippen LogP contribution in [0.1, 0.15) is 74.5 Å². The molecule has 1 aromatic rings. The van der Waals surface area contributed by atoms with Gasteiger partial charge in [0.15, 0.2) is 0 Å². The molecule has 2 aliphatic rings. The molecule has 3 heteroatoms. The van der Waals surface area contributed by atoms with Crippen LogP contribution in [0, 0.1) is 11.8 Å². The van der Waals surface area contributed by atoms with Gasteiger partial charge < -0.3 is 10.2 Å². The van der Waals surface area contributed by atoms with E-state index >= 15 is 0 Å². The van der Waals surface area contributed by atoms with Crippen molar-refractivity contribution in [3.05, 3.63) is 28.8 Å². The molecule has 120 valence electrons. The number of hydrogen-bond acceptors (Lipinski definition) is 2. The Morgan fingerprint density at radius 1 is 1.09 bits per heavy atom. The molecule has 2 N–H and O–H groups in total. The summed E-state index contributed by atoms with van der Waals surface area (Å²) in [5, 5.41) is 19.7. The van der Waals surface area contributed by atoms with Crippen molar-refractivity contribution in [2.45, 2.75) is 64.2 Å². The number of benzene rings is 1. The van der Waals surface area contributed by atoms with E-state index < -0.39 is 5.97 Å². The van der Waals surface area contributed by atoms with Gasteiger partial charge in [-0.05, 0) is 72.5 Å². The number of aromatic hydroxyl groups is 1. The van der Waals surface area contributed by atoms with Gasteiger partial charge in [0.25, 0.3) is 0 Å². The maximum absolute atomic E-state index is 10.9. The van der Waals surface area contributed by atoms with Gasteiger partial charge in [0.2, 0.25) is 0 Å². The monoisotopic (exact) mass is 302 g/mol. The standard InChI is InChI=1S/C19H26O3/c1-11(14-4-5-14)16-9-13(3-8-18(20)21)10-17(19(16)22)12(2)15-6-7-15/h9-12,14-15,22H,3-8H2,1-2H3,(H,20,21)/t11-,12-/m1/s1. The first kappa shape index (κ1) is 15.4. The van der Waals surface area contributed by atoms with Crippen LogP contribution in [0.25, 0.3) is 0 Å². The topological polar surface area (TPSA) is 57.5 Å². The molecule has 2 saturated carbocycles. The summed E-state index contributed by atoms with van der Waals surface area (Å²) < 4.78 is 0. The Balaban J connectivity index is 1.93. The molecule has 3 nitrogen and oxygen atoms in total. The fourth-order valence-corrected chi connectivity index (χ4v) is 3.53. The summed E-state index contributed by atoms with van der Waals surface area (Å²) >= 11 is 0. The second-order valence-corrected chi connectivity index (χ2v) is 7.27. The van der Waals surface area contributed by atoms with Gasteiger partial charge in [-0.1, -0.05) is 26.0 Å². The predicted octanol–water partition coefficient (Wildman–Crippen LogP) is 4.44. The summed E-state index contributed by atoms with van der Waals surface area (Å²) in [4.78, 5) is 10.9. The Labute approximate surface area is 132 Å². The van der Waals surface area contributed by atoms with Crippen molar-refractivity contribution in [1.29, 1.82) is 0 Å². The highest BCUT2D eigenvalue weighted by Crippen LogP contribution is 2.49. The lowest BCUT2D eigenvalue weighted by Crippen LogP contribution is -2.05. The van der Waals surface area contributed by atoms with E-state index in [1.165, 1.54) is 25.7 Å². The largest absolute Gasteiger partial charge is 0.507 e. The maximum atomic E-state index is 10.9. The number of carbonyl (C=O) groups is 1. The smallest absolute Gasteiger partial charge is 0.303 e. The van der Waals surface area contributed by atoms with Crippen LogP contribution < -0.4 is 0 Å². The molecule has 0 amide bonds. The number of rotatable bonds is 7. The molecule has 0 aliphatic heterocycles. The van der Waals surface area contributed by atoms with Gasteiger partial charge in [-0.15, -0.1) is 0 Å². The quantitative estimate of drug-likeness (QED) is 0.783. The minimum atomic E-state index is -0.762. The highest BCUT2D eigenvalue weighted by molar-refractivity contribution is 5.67. The summed E-state index contributed by atoms with van der Waals surface area (Å²) in [6, 6.07) is 4.09. The highest BCUT2D eigenvalue weighted by Gasteiger charge is 2.34. The molecule has 1 aromatic carbocycles. The van der Waals surface area contributed by atoms with Crippen LogP contribution in [0.15, 0.2) is 12.1 Å². The minimum absolute atomic E-state index is 0.152. The predicted molar refractivity (Wildman–Crippen MR) is 86.3 cm³/mol. The summed E-state index contributed by atoms with van der Waals surface area (Å²) in [5.74, 6) is 1.82. The fourth-order valence-electron chi connectivity index (χ4n) is 3.53. The zero-order chi connectivity index (χ0) is 15.9. The number of phenols is 1. The molecule has 0 radical (unpaired) electrons. The normalized spacial score (nSPS) is 20.6. The summed E-state index contributed by atoms with van der Waals surface area (Å²) in [5.41, 5.74) is 3.13. The summed E-state index contributed by atoms with van der Waals surface area (Å²) in [7, 11) is 0. The van der Waals surface area contributed by atoms with Crippen molar-refractivity contribution in [3.8, 4) is 5.75 Å². The molecular formula is C19H26O3. The first-order valence-electron chi connectivity index (χ1n) is 8.54. The van der Waals surface area contributed by atoms with Crippen LogP contribution in [-0.4, -0.2) is 16.2 Å². The second kappa shape index (κ2) is 5.94. The molecule has 22 heavy (non-hydrogen) atoms. The number of carboxylic acid groups (broad SMARTS) is 1. The molecule has 0 heterocycles. The van der Waals surface area contributed by atoms with E-state index in [1.807, 2.05) is 12.1 Å². The summed E-state index contributed by atoms with van der Waals surface area (Å²) in [6.45, 7) is 4.39. The third-order valence-corrected chi connectivity index (χ3v) is 5.50. The third-order valence-electron chi connectivity index (χ3n) is 5.50. The van der Waals surface area contributed by atoms with Gasteiger partial charge >= 0.3 is 5.97 Å². The molecule has 2 fully saturated rings. The van der Waals surface area contributed by atoms with Crippen LogP contribution in [-0.2, 0) is 11.2 Å². The average molecular weight is 302 g/mol. The first-order chi connectivity index (χ1) is 10.5. The zero-order valence-corrected chi connectivity index (χ0v) is 13.5. The van der Waals surface area contributed by atoms with Gasteiger partial charge in [-0.3, -0.25) is 4.79 Å². The van der Waals surface area contributed by atoms with E-state index in [0.717, 1.165) is 16.7 Å². The zero-order valence-electron chi connectivity index (χ0n) is 13.5. The number of aliphatic carboxylic acids is 1. The Kier molecular flexibility index (Phi) is 4.16. The first-order valence-corrected chi connectivity index (χ1v) is 8.54. The van der Waals surface area contributed by atoms with E-state index in [4.69, 9.17) is 5.11 Å². The molecular weight excluding hydrogens is 276 g/mol. The van der Waals surface area contributed by atoms with Crippen molar-refractivity contribution in [2.75, 3.05) is 0 Å². The molecule has 0 aromatic heterocycles. The Hall–Kier alpha value is -1.51. The van der Waals surface area contributed by atoms with E-state index in [9.17, 15) is 9.90 Å². The number of phenolic OH excluding ortho intramolecular Hbond substituents is 1. The Morgan fingerprint density at radius 3 is 1.91 bits per heavy atom. The van der Waals surface area contributed by atoms with E-state index in [1.54, 1.807) is 0 Å². The van der Waals surface area contributed by atoms with Crippen LogP contribution in [0.3, 0.4) is 0 Å². The molecule has 0 bridgehead atoms. The fraction of sp³-hybridized carbons (Fsp3) is 0.632. The third kappa shape index (κ3) is 3.29. The lowest BCUT2D eigenvalue weighted by atomic mass is 9.86. The van der Waals surface area contributed by atoms with Crippen molar-refractivity contribution in [2.24, 2.45) is 11.8 Å². The van der Waals surface area contributed by atoms with Crippen LogP contribution in [0.5, 0.6) is 5.75 Å². The molecule has 2 atom stereocenters. The number of aryl methyl sites for hydroxylation is 1. The molecule has 3 rings (SSSR count).